The Kier molecular flexibility index (Phi) is 3.48. The lowest BCUT2D eigenvalue weighted by molar-refractivity contribution is -0.116. The molecule has 0 spiro atoms. The lowest BCUT2D eigenvalue weighted by atomic mass is 10.1. The minimum absolute atomic E-state index is 0.0562. The van der Waals surface area contributed by atoms with E-state index in [0.29, 0.717) is 5.82 Å². The molecule has 1 rings (SSSR count). The first-order chi connectivity index (χ1) is 6.11. The van der Waals surface area contributed by atoms with Gasteiger partial charge in [-0.2, -0.15) is 5.10 Å². The molecular formula is C8H12BrN3O. The minimum atomic E-state index is -0.171. The van der Waals surface area contributed by atoms with E-state index in [4.69, 9.17) is 0 Å². The normalized spacial score (nSPS) is 12.9. The van der Waals surface area contributed by atoms with Gasteiger partial charge in [-0.1, -0.05) is 29.8 Å². The van der Waals surface area contributed by atoms with Crippen LogP contribution in [0.4, 0.5) is 5.82 Å². The number of hydrogen-bond acceptors (Lipinski definition) is 2. The Balaban J connectivity index is 2.51. The van der Waals surface area contributed by atoms with Crippen molar-refractivity contribution in [2.75, 3.05) is 5.32 Å². The maximum atomic E-state index is 11.4. The van der Waals surface area contributed by atoms with E-state index < -0.39 is 0 Å². The van der Waals surface area contributed by atoms with Gasteiger partial charge in [0, 0.05) is 6.07 Å². The molecule has 72 valence electrons. The number of H-pyrrole nitrogens is 1. The van der Waals surface area contributed by atoms with E-state index in [2.05, 4.69) is 31.4 Å². The third-order valence-corrected chi connectivity index (χ3v) is 3.07. The van der Waals surface area contributed by atoms with Crippen molar-refractivity contribution in [3.8, 4) is 0 Å². The van der Waals surface area contributed by atoms with Crippen molar-refractivity contribution in [2.45, 2.75) is 18.7 Å². The third-order valence-electron chi connectivity index (χ3n) is 1.59. The molecule has 0 radical (unpaired) electrons. The number of hydrogen-bond donors (Lipinski definition) is 2. The first-order valence-electron chi connectivity index (χ1n) is 4.05. The first kappa shape index (κ1) is 10.2. The van der Waals surface area contributed by atoms with Crippen LogP contribution in [0, 0.1) is 5.92 Å². The maximum Gasteiger partial charge on any atom is 0.239 e. The van der Waals surface area contributed by atoms with Crippen molar-refractivity contribution in [2.24, 2.45) is 5.92 Å². The largest absolute Gasteiger partial charge is 0.310 e. The highest BCUT2D eigenvalue weighted by Gasteiger charge is 2.18. The number of carbonyl (C=O) groups is 1. The number of alkyl halides is 1. The zero-order valence-corrected chi connectivity index (χ0v) is 9.13. The zero-order chi connectivity index (χ0) is 9.84. The van der Waals surface area contributed by atoms with Crippen LogP contribution in [0.3, 0.4) is 0 Å². The van der Waals surface area contributed by atoms with Gasteiger partial charge in [-0.25, -0.2) is 0 Å². The molecule has 0 aliphatic rings. The van der Waals surface area contributed by atoms with Crippen LogP contribution in [-0.2, 0) is 4.79 Å². The summed E-state index contributed by atoms with van der Waals surface area (Å²) >= 11 is 3.31. The fourth-order valence-electron chi connectivity index (χ4n) is 0.830. The number of nitrogens with one attached hydrogen (secondary N) is 2. The molecule has 0 saturated carbocycles. The number of halogens is 1. The van der Waals surface area contributed by atoms with E-state index in [-0.39, 0.29) is 16.7 Å². The van der Waals surface area contributed by atoms with Crippen molar-refractivity contribution in [3.63, 3.8) is 0 Å². The molecular weight excluding hydrogens is 234 g/mol. The Morgan fingerprint density at radius 2 is 2.38 bits per heavy atom. The highest BCUT2D eigenvalue weighted by atomic mass is 79.9. The van der Waals surface area contributed by atoms with Crippen molar-refractivity contribution in [1.82, 2.24) is 10.2 Å². The Morgan fingerprint density at radius 1 is 1.69 bits per heavy atom. The monoisotopic (exact) mass is 245 g/mol. The van der Waals surface area contributed by atoms with Crippen LogP contribution in [0.5, 0.6) is 0 Å². The van der Waals surface area contributed by atoms with E-state index >= 15 is 0 Å². The summed E-state index contributed by atoms with van der Waals surface area (Å²) in [6, 6.07) is 1.71. The Labute approximate surface area is 85.2 Å². The molecule has 1 amide bonds. The van der Waals surface area contributed by atoms with Gasteiger partial charge in [0.05, 0.1) is 11.0 Å². The molecule has 0 aromatic carbocycles. The molecule has 1 heterocycles. The van der Waals surface area contributed by atoms with Gasteiger partial charge in [-0.15, -0.1) is 0 Å². The fourth-order valence-corrected chi connectivity index (χ4v) is 0.944. The standard InChI is InChI=1S/C8H12BrN3O/c1-5(2)7(9)8(13)11-6-3-4-10-12-6/h3-5,7H,1-2H3,(H2,10,11,12,13). The van der Waals surface area contributed by atoms with Crippen LogP contribution in [0.2, 0.25) is 0 Å². The summed E-state index contributed by atoms with van der Waals surface area (Å²) in [6.07, 6.45) is 1.59. The first-order valence-corrected chi connectivity index (χ1v) is 4.97. The molecule has 0 aliphatic carbocycles. The molecule has 1 atom stereocenters. The van der Waals surface area contributed by atoms with Crippen molar-refractivity contribution in [1.29, 1.82) is 0 Å². The summed E-state index contributed by atoms with van der Waals surface area (Å²) in [7, 11) is 0. The molecule has 2 N–H and O–H groups in total. The molecule has 0 fully saturated rings. The van der Waals surface area contributed by atoms with Crippen molar-refractivity contribution in [3.05, 3.63) is 12.3 Å². The summed E-state index contributed by atoms with van der Waals surface area (Å²) < 4.78 is 0. The Bertz CT molecular complexity index is 271. The number of rotatable bonds is 3. The van der Waals surface area contributed by atoms with Gasteiger partial charge < -0.3 is 5.32 Å². The van der Waals surface area contributed by atoms with E-state index in [1.807, 2.05) is 13.8 Å². The van der Waals surface area contributed by atoms with Crippen LogP contribution in [-0.4, -0.2) is 20.9 Å². The molecule has 1 aromatic rings. The number of carbonyl (C=O) groups excluding carboxylic acids is 1. The third kappa shape index (κ3) is 2.84. The predicted octanol–water partition coefficient (Wildman–Crippen LogP) is 1.77. The molecule has 0 saturated heterocycles. The maximum absolute atomic E-state index is 11.4. The van der Waals surface area contributed by atoms with Crippen LogP contribution in [0.1, 0.15) is 13.8 Å². The van der Waals surface area contributed by atoms with Gasteiger partial charge in [0.25, 0.3) is 0 Å². The van der Waals surface area contributed by atoms with Gasteiger partial charge in [-0.05, 0) is 5.92 Å². The van der Waals surface area contributed by atoms with Crippen molar-refractivity contribution < 1.29 is 4.79 Å². The number of amides is 1. The van der Waals surface area contributed by atoms with Crippen LogP contribution in [0.25, 0.3) is 0 Å². The number of aromatic nitrogens is 2. The molecule has 0 bridgehead atoms. The summed E-state index contributed by atoms with van der Waals surface area (Å²) in [5.41, 5.74) is 0. The second-order valence-electron chi connectivity index (χ2n) is 3.11. The van der Waals surface area contributed by atoms with Gasteiger partial charge in [0.15, 0.2) is 0 Å². The molecule has 13 heavy (non-hydrogen) atoms. The molecule has 1 unspecified atom stereocenters. The summed E-state index contributed by atoms with van der Waals surface area (Å²) in [6.45, 7) is 3.96. The summed E-state index contributed by atoms with van der Waals surface area (Å²) in [5, 5.41) is 9.08. The topological polar surface area (TPSA) is 57.8 Å². The Morgan fingerprint density at radius 3 is 2.85 bits per heavy atom. The minimum Gasteiger partial charge on any atom is -0.310 e. The summed E-state index contributed by atoms with van der Waals surface area (Å²) in [5.74, 6) is 0.831. The number of nitrogens with zero attached hydrogens (tertiary/aromatic N) is 1. The average molecular weight is 246 g/mol. The number of anilines is 1. The van der Waals surface area contributed by atoms with E-state index in [1.54, 1.807) is 12.3 Å². The smallest absolute Gasteiger partial charge is 0.239 e. The van der Waals surface area contributed by atoms with Crippen molar-refractivity contribution >= 4 is 27.7 Å². The lowest BCUT2D eigenvalue weighted by Crippen LogP contribution is -2.27. The van der Waals surface area contributed by atoms with Gasteiger partial charge in [0.2, 0.25) is 5.91 Å². The van der Waals surface area contributed by atoms with Crippen LogP contribution < -0.4 is 5.32 Å². The quantitative estimate of drug-likeness (QED) is 0.798. The zero-order valence-electron chi connectivity index (χ0n) is 7.54. The highest BCUT2D eigenvalue weighted by molar-refractivity contribution is 9.10. The fraction of sp³-hybridized carbons (Fsp3) is 0.500. The SMILES string of the molecule is CC(C)C(Br)C(=O)Nc1ccn[nH]1. The highest BCUT2D eigenvalue weighted by Crippen LogP contribution is 2.13. The predicted molar refractivity (Wildman–Crippen MR) is 54.8 cm³/mol. The van der Waals surface area contributed by atoms with E-state index in [9.17, 15) is 4.79 Å². The van der Waals surface area contributed by atoms with Gasteiger partial charge >= 0.3 is 0 Å². The molecule has 0 aliphatic heterocycles. The van der Waals surface area contributed by atoms with Gasteiger partial charge in [0.1, 0.15) is 5.82 Å². The molecule has 5 heteroatoms. The second kappa shape index (κ2) is 4.41. The average Bonchev–Trinajstić information content (AvgIpc) is 2.55. The Hall–Kier alpha value is -0.840. The molecule has 4 nitrogen and oxygen atoms in total. The second-order valence-corrected chi connectivity index (χ2v) is 4.09. The summed E-state index contributed by atoms with van der Waals surface area (Å²) in [4.78, 5) is 11.3. The lowest BCUT2D eigenvalue weighted by Gasteiger charge is -2.12. The molecule has 1 aromatic heterocycles. The van der Waals surface area contributed by atoms with Crippen LogP contribution in [0.15, 0.2) is 12.3 Å². The van der Waals surface area contributed by atoms with Gasteiger partial charge in [-0.3, -0.25) is 9.89 Å². The van der Waals surface area contributed by atoms with Crippen LogP contribution >= 0.6 is 15.9 Å². The van der Waals surface area contributed by atoms with E-state index in [1.165, 1.54) is 0 Å². The van der Waals surface area contributed by atoms with E-state index in [0.717, 1.165) is 0 Å². The number of aromatic amines is 1.